The van der Waals surface area contributed by atoms with E-state index in [4.69, 9.17) is 4.74 Å². The number of nitrogens with zero attached hydrogens (tertiary/aromatic N) is 2. The molecule has 9 heteroatoms. The van der Waals surface area contributed by atoms with E-state index in [1.807, 2.05) is 12.3 Å². The highest BCUT2D eigenvalue weighted by atomic mass is 32.2. The standard InChI is InChI=1S/C37H53N4O3PS/c1-37(2,3)28-21-30(34(44-6)31(22-28)39-46-8)38-36(43)32-20-26-12-9-13-27(35(26)45(32)7)23-41-17-15-24(16-18-41)33(42)25-11-10-14-29(19-25)40(4)5/h9,12-13,20-22,24-25,29,39H,10-11,14-19,23H2,1-8H3,(H,38,43). The fourth-order valence-corrected chi connectivity index (χ4v) is 9.84. The summed E-state index contributed by atoms with van der Waals surface area (Å²) in [5.74, 6) is 1.51. The van der Waals surface area contributed by atoms with Gasteiger partial charge in [-0.05, 0) is 106 Å². The zero-order chi connectivity index (χ0) is 33.2. The average molecular weight is 665 g/mol. The molecule has 1 saturated heterocycles. The summed E-state index contributed by atoms with van der Waals surface area (Å²) in [6.07, 6.45) is 8.34. The predicted octanol–water partition coefficient (Wildman–Crippen LogP) is 8.51. The number of hydrogen-bond acceptors (Lipinski definition) is 7. The highest BCUT2D eigenvalue weighted by Gasteiger charge is 2.34. The smallest absolute Gasteiger partial charge is 0.259 e. The number of likely N-dealkylation sites (tertiary alicyclic amines) is 1. The summed E-state index contributed by atoms with van der Waals surface area (Å²) in [4.78, 5) is 32.2. The lowest BCUT2D eigenvalue weighted by Gasteiger charge is -2.36. The number of methoxy groups -OCH3 is 1. The first kappa shape index (κ1) is 34.8. The van der Waals surface area contributed by atoms with Crippen LogP contribution in [0.4, 0.5) is 11.4 Å². The largest absolute Gasteiger partial charge is 0.492 e. The number of nitrogens with one attached hydrogen (secondary N) is 2. The Kier molecular flexibility index (Phi) is 11.1. The Balaban J connectivity index is 1.30. The van der Waals surface area contributed by atoms with Gasteiger partial charge in [0.05, 0.1) is 23.8 Å². The minimum atomic E-state index is -0.820. The van der Waals surface area contributed by atoms with E-state index >= 15 is 0 Å². The molecule has 3 atom stereocenters. The van der Waals surface area contributed by atoms with Gasteiger partial charge in [0.25, 0.3) is 5.91 Å². The average Bonchev–Trinajstić information content (AvgIpc) is 3.38. The monoisotopic (exact) mass is 664 g/mol. The second kappa shape index (κ2) is 14.7. The maximum atomic E-state index is 13.9. The molecule has 5 rings (SSSR count). The Morgan fingerprint density at radius 2 is 1.76 bits per heavy atom. The molecule has 1 aliphatic carbocycles. The summed E-state index contributed by atoms with van der Waals surface area (Å²) < 4.78 is 9.12. The van der Waals surface area contributed by atoms with Crippen LogP contribution in [0.15, 0.2) is 36.4 Å². The quantitative estimate of drug-likeness (QED) is 0.211. The van der Waals surface area contributed by atoms with Gasteiger partial charge in [-0.1, -0.05) is 57.3 Å². The van der Waals surface area contributed by atoms with Gasteiger partial charge in [-0.2, -0.15) is 0 Å². The molecule has 2 N–H and O–H groups in total. The minimum absolute atomic E-state index is 0.0752. The normalized spacial score (nSPS) is 20.2. The molecule has 250 valence electrons. The van der Waals surface area contributed by atoms with Gasteiger partial charge < -0.3 is 19.7 Å². The van der Waals surface area contributed by atoms with Gasteiger partial charge >= 0.3 is 0 Å². The number of rotatable bonds is 10. The van der Waals surface area contributed by atoms with E-state index in [2.05, 4.69) is 91.7 Å². The molecule has 0 spiro atoms. The summed E-state index contributed by atoms with van der Waals surface area (Å²) in [6, 6.07) is 13.2. The molecule has 1 aromatic heterocycles. The fourth-order valence-electron chi connectivity index (χ4n) is 7.43. The van der Waals surface area contributed by atoms with Gasteiger partial charge in [0.2, 0.25) is 0 Å². The molecule has 7 nitrogen and oxygen atoms in total. The van der Waals surface area contributed by atoms with Gasteiger partial charge in [-0.25, -0.2) is 0 Å². The van der Waals surface area contributed by atoms with Crippen LogP contribution in [0.25, 0.3) is 10.5 Å². The molecule has 1 amide bonds. The van der Waals surface area contributed by atoms with Crippen molar-refractivity contribution in [1.29, 1.82) is 0 Å². The predicted molar refractivity (Wildman–Crippen MR) is 197 cm³/mol. The maximum absolute atomic E-state index is 13.9. The third-order valence-corrected chi connectivity index (χ3v) is 12.8. The number of Topliss-reactive ketones (excluding diaryl/α,β-unsaturated/α-hetero) is 1. The van der Waals surface area contributed by atoms with Crippen molar-refractivity contribution >= 4 is 53.1 Å². The molecule has 2 aromatic carbocycles. The van der Waals surface area contributed by atoms with Crippen molar-refractivity contribution in [3.63, 3.8) is 0 Å². The molecule has 3 aromatic rings. The lowest BCUT2D eigenvalue weighted by Crippen LogP contribution is -2.41. The topological polar surface area (TPSA) is 73.9 Å². The molecule has 1 saturated carbocycles. The van der Waals surface area contributed by atoms with Crippen molar-refractivity contribution < 1.29 is 14.3 Å². The van der Waals surface area contributed by atoms with Crippen LogP contribution >= 0.6 is 19.5 Å². The second-order valence-electron chi connectivity index (χ2n) is 14.5. The molecule has 0 radical (unpaired) electrons. The summed E-state index contributed by atoms with van der Waals surface area (Å²) in [5, 5.41) is 6.50. The van der Waals surface area contributed by atoms with E-state index in [1.54, 1.807) is 7.11 Å². The van der Waals surface area contributed by atoms with Gasteiger partial charge in [0, 0.05) is 35.8 Å². The molecule has 2 fully saturated rings. The number of hydrogen-bond donors (Lipinski definition) is 2. The van der Waals surface area contributed by atoms with Crippen LogP contribution in [0, 0.1) is 11.8 Å². The highest BCUT2D eigenvalue weighted by Crippen LogP contribution is 2.45. The van der Waals surface area contributed by atoms with Crippen molar-refractivity contribution in [2.75, 3.05) is 50.6 Å². The van der Waals surface area contributed by atoms with Crippen LogP contribution in [-0.4, -0.2) is 68.1 Å². The number of carbonyl (C=O) groups excluding carboxylic acids is 2. The van der Waals surface area contributed by atoms with Crippen molar-refractivity contribution in [2.45, 2.75) is 77.3 Å². The Hall–Kier alpha value is -2.51. The van der Waals surface area contributed by atoms with Crippen LogP contribution in [0.3, 0.4) is 0 Å². The molecule has 2 aliphatic rings. The van der Waals surface area contributed by atoms with Crippen LogP contribution in [0.1, 0.15) is 80.5 Å². The number of ketones is 1. The first-order chi connectivity index (χ1) is 21.9. The van der Waals surface area contributed by atoms with E-state index in [9.17, 15) is 9.59 Å². The zero-order valence-corrected chi connectivity index (χ0v) is 30.7. The molecule has 46 heavy (non-hydrogen) atoms. The minimum Gasteiger partial charge on any atom is -0.492 e. The molecular formula is C37H53N4O3PS. The summed E-state index contributed by atoms with van der Waals surface area (Å²) >= 11 is 1.50. The molecule has 2 heterocycles. The highest BCUT2D eigenvalue weighted by molar-refractivity contribution is 7.99. The van der Waals surface area contributed by atoms with Crippen molar-refractivity contribution in [3.05, 3.63) is 52.8 Å². The van der Waals surface area contributed by atoms with E-state index in [1.165, 1.54) is 35.5 Å². The zero-order valence-electron chi connectivity index (χ0n) is 29.0. The number of amides is 1. The second-order valence-corrected chi connectivity index (χ2v) is 17.2. The van der Waals surface area contributed by atoms with Gasteiger partial charge in [0.15, 0.2) is 5.75 Å². The number of benzene rings is 2. The summed E-state index contributed by atoms with van der Waals surface area (Å²) in [6.45, 7) is 11.5. The van der Waals surface area contributed by atoms with Crippen LogP contribution in [0.2, 0.25) is 0 Å². The number of ether oxygens (including phenoxy) is 1. The Morgan fingerprint density at radius 1 is 1.04 bits per heavy atom. The SMILES string of the molecule is COc1c(NSC)cc(C(C)(C)C)cc1NC(=O)c1cc2cccc(CN3CCC(C(=O)C4CCCC(N(C)C)C4)CC3)c2p1C. The number of carbonyl (C=O) groups is 2. The van der Waals surface area contributed by atoms with Gasteiger partial charge in [0.1, 0.15) is 5.78 Å². The van der Waals surface area contributed by atoms with Gasteiger partial charge in [-0.3, -0.25) is 14.5 Å². The molecular weight excluding hydrogens is 611 g/mol. The number of fused-ring (bicyclic) bond motifs is 1. The third kappa shape index (κ3) is 7.62. The maximum Gasteiger partial charge on any atom is 0.259 e. The lowest BCUT2D eigenvalue weighted by molar-refractivity contribution is -0.129. The number of anilines is 2. The number of aryl methyl sites for hydroxylation is 1. The molecule has 3 unspecified atom stereocenters. The fraction of sp³-hybridized carbons (Fsp3) is 0.568. The summed E-state index contributed by atoms with van der Waals surface area (Å²) in [5.41, 5.74) is 3.86. The van der Waals surface area contributed by atoms with Gasteiger partial charge in [-0.15, -0.1) is 7.53 Å². The number of piperidine rings is 1. The van der Waals surface area contributed by atoms with Crippen molar-refractivity contribution in [2.24, 2.45) is 18.5 Å². The Morgan fingerprint density at radius 3 is 2.41 bits per heavy atom. The van der Waals surface area contributed by atoms with Crippen LogP contribution < -0.4 is 14.8 Å². The van der Waals surface area contributed by atoms with Crippen molar-refractivity contribution in [3.8, 4) is 5.75 Å². The first-order valence-electron chi connectivity index (χ1n) is 16.7. The molecule has 1 aliphatic heterocycles. The van der Waals surface area contributed by atoms with E-state index in [-0.39, 0.29) is 23.2 Å². The van der Waals surface area contributed by atoms with Crippen LogP contribution in [0.5, 0.6) is 5.75 Å². The van der Waals surface area contributed by atoms with Crippen molar-refractivity contribution in [1.82, 2.24) is 9.80 Å². The Bertz CT molecular complexity index is 1550. The van der Waals surface area contributed by atoms with Crippen LogP contribution in [-0.2, 0) is 23.4 Å². The summed E-state index contributed by atoms with van der Waals surface area (Å²) in [7, 11) is 5.12. The van der Waals surface area contributed by atoms with E-state index in [0.29, 0.717) is 23.3 Å². The van der Waals surface area contributed by atoms with E-state index < -0.39 is 7.53 Å². The first-order valence-corrected chi connectivity index (χ1v) is 19.7. The Labute approximate surface area is 281 Å². The lowest BCUT2D eigenvalue weighted by atomic mass is 9.76. The molecule has 0 bridgehead atoms. The van der Waals surface area contributed by atoms with E-state index in [0.717, 1.165) is 67.2 Å². The third-order valence-electron chi connectivity index (χ3n) is 10.2.